The molecule has 136 valence electrons. The Morgan fingerprint density at radius 1 is 1.23 bits per heavy atom. The molecule has 26 heavy (non-hydrogen) atoms. The number of terminal acetylenes is 1. The number of pyridine rings is 1. The van der Waals surface area contributed by atoms with Crippen molar-refractivity contribution in [1.29, 1.82) is 0 Å². The molecule has 4 heteroatoms. The summed E-state index contributed by atoms with van der Waals surface area (Å²) < 4.78 is 5.43. The zero-order valence-electron chi connectivity index (χ0n) is 15.8. The fraction of sp³-hybridized carbons (Fsp3) is 0.409. The van der Waals surface area contributed by atoms with E-state index in [0.29, 0.717) is 5.56 Å². The second-order valence-corrected chi connectivity index (χ2v) is 7.58. The van der Waals surface area contributed by atoms with Crippen LogP contribution in [0.4, 0.5) is 0 Å². The summed E-state index contributed by atoms with van der Waals surface area (Å²) in [4.78, 5) is 18.0. The van der Waals surface area contributed by atoms with Crippen LogP contribution in [-0.2, 0) is 10.2 Å². The second-order valence-electron chi connectivity index (χ2n) is 7.58. The molecule has 0 radical (unpaired) electrons. The third-order valence-corrected chi connectivity index (χ3v) is 4.99. The Bertz CT molecular complexity index is 866. The maximum absolute atomic E-state index is 12.6. The predicted molar refractivity (Wildman–Crippen MR) is 105 cm³/mol. The quantitative estimate of drug-likeness (QED) is 0.863. The van der Waals surface area contributed by atoms with E-state index >= 15 is 0 Å². The monoisotopic (exact) mass is 350 g/mol. The minimum atomic E-state index is -0.205. The third kappa shape index (κ3) is 3.90. The van der Waals surface area contributed by atoms with Gasteiger partial charge in [0.15, 0.2) is 0 Å². The molecule has 1 aromatic heterocycles. The number of aryl methyl sites for hydroxylation is 1. The number of H-pyrrole nitrogens is 1. The SMILES string of the molecule is C#Cc1c(-c2ccc(C)cc2)cc(C(C)(C)CN2CCOCC2)[nH]c1=O. The van der Waals surface area contributed by atoms with Crippen LogP contribution in [0.25, 0.3) is 11.1 Å². The van der Waals surface area contributed by atoms with Crippen molar-refractivity contribution >= 4 is 0 Å². The number of aromatic amines is 1. The number of morpholine rings is 1. The van der Waals surface area contributed by atoms with Gasteiger partial charge in [-0.3, -0.25) is 9.69 Å². The second kappa shape index (κ2) is 7.49. The van der Waals surface area contributed by atoms with Crippen LogP contribution in [-0.4, -0.2) is 42.7 Å². The number of hydrogen-bond donors (Lipinski definition) is 1. The molecule has 0 unspecified atom stereocenters. The van der Waals surface area contributed by atoms with Gasteiger partial charge < -0.3 is 9.72 Å². The minimum Gasteiger partial charge on any atom is -0.379 e. The Morgan fingerprint density at radius 2 is 1.88 bits per heavy atom. The molecule has 0 spiro atoms. The average Bonchev–Trinajstić information content (AvgIpc) is 2.62. The minimum absolute atomic E-state index is 0.198. The van der Waals surface area contributed by atoms with Crippen molar-refractivity contribution in [1.82, 2.24) is 9.88 Å². The van der Waals surface area contributed by atoms with Crippen LogP contribution >= 0.6 is 0 Å². The van der Waals surface area contributed by atoms with Gasteiger partial charge >= 0.3 is 0 Å². The van der Waals surface area contributed by atoms with Crippen LogP contribution in [0.3, 0.4) is 0 Å². The van der Waals surface area contributed by atoms with Crippen molar-refractivity contribution in [3.63, 3.8) is 0 Å². The van der Waals surface area contributed by atoms with Gasteiger partial charge in [-0.1, -0.05) is 49.6 Å². The maximum Gasteiger partial charge on any atom is 0.264 e. The molecule has 0 atom stereocenters. The summed E-state index contributed by atoms with van der Waals surface area (Å²) in [7, 11) is 0. The van der Waals surface area contributed by atoms with E-state index in [9.17, 15) is 4.79 Å². The van der Waals surface area contributed by atoms with Crippen LogP contribution in [0.5, 0.6) is 0 Å². The molecule has 3 rings (SSSR count). The molecule has 0 saturated carbocycles. The highest BCUT2D eigenvalue weighted by atomic mass is 16.5. The molecule has 1 aliphatic rings. The Labute approximate surface area is 155 Å². The van der Waals surface area contributed by atoms with E-state index in [-0.39, 0.29) is 11.0 Å². The number of nitrogens with zero attached hydrogens (tertiary/aromatic N) is 1. The molecule has 1 saturated heterocycles. The molecular weight excluding hydrogens is 324 g/mol. The standard InChI is InChI=1S/C22H26N2O2/c1-5-18-19(17-8-6-16(2)7-9-17)14-20(23-21(18)25)22(3,4)15-24-10-12-26-13-11-24/h1,6-9,14H,10-13,15H2,2-4H3,(H,23,25). The van der Waals surface area contributed by atoms with Crippen LogP contribution in [0.2, 0.25) is 0 Å². The smallest absolute Gasteiger partial charge is 0.264 e. The summed E-state index contributed by atoms with van der Waals surface area (Å²) in [6, 6.07) is 10.2. The zero-order chi connectivity index (χ0) is 18.7. The maximum atomic E-state index is 12.6. The first-order valence-electron chi connectivity index (χ1n) is 9.02. The number of ether oxygens (including phenoxy) is 1. The number of rotatable bonds is 4. The fourth-order valence-electron chi connectivity index (χ4n) is 3.43. The molecule has 1 aliphatic heterocycles. The van der Waals surface area contributed by atoms with Gasteiger partial charge in [0.1, 0.15) is 0 Å². The topological polar surface area (TPSA) is 45.3 Å². The largest absolute Gasteiger partial charge is 0.379 e. The summed E-state index contributed by atoms with van der Waals surface area (Å²) in [6.45, 7) is 10.6. The highest BCUT2D eigenvalue weighted by Gasteiger charge is 2.27. The molecule has 0 amide bonds. The molecule has 1 aromatic carbocycles. The van der Waals surface area contributed by atoms with Gasteiger partial charge in [0.25, 0.3) is 5.56 Å². The Hall–Kier alpha value is -2.35. The lowest BCUT2D eigenvalue weighted by molar-refractivity contribution is 0.0292. The van der Waals surface area contributed by atoms with Crippen LogP contribution in [0, 0.1) is 19.3 Å². The number of hydrogen-bond acceptors (Lipinski definition) is 3. The summed E-state index contributed by atoms with van der Waals surface area (Å²) in [5.74, 6) is 2.57. The fourth-order valence-corrected chi connectivity index (χ4v) is 3.43. The molecule has 2 heterocycles. The normalized spacial score (nSPS) is 15.6. The lowest BCUT2D eigenvalue weighted by Crippen LogP contribution is -2.44. The van der Waals surface area contributed by atoms with Gasteiger partial charge in [-0.2, -0.15) is 0 Å². The molecule has 0 aliphatic carbocycles. The van der Waals surface area contributed by atoms with E-state index in [1.54, 1.807) is 0 Å². The molecule has 4 nitrogen and oxygen atoms in total. The van der Waals surface area contributed by atoms with Crippen molar-refractivity contribution in [2.24, 2.45) is 0 Å². The van der Waals surface area contributed by atoms with Crippen LogP contribution in [0.1, 0.15) is 30.7 Å². The first-order valence-corrected chi connectivity index (χ1v) is 9.02. The zero-order valence-corrected chi connectivity index (χ0v) is 15.8. The third-order valence-electron chi connectivity index (χ3n) is 4.99. The van der Waals surface area contributed by atoms with E-state index in [1.165, 1.54) is 5.56 Å². The first kappa shape index (κ1) is 18.4. The highest BCUT2D eigenvalue weighted by Crippen LogP contribution is 2.28. The van der Waals surface area contributed by atoms with Crippen LogP contribution < -0.4 is 5.56 Å². The highest BCUT2D eigenvalue weighted by molar-refractivity contribution is 5.71. The van der Waals surface area contributed by atoms with E-state index in [0.717, 1.165) is 49.7 Å². The number of nitrogens with one attached hydrogen (secondary N) is 1. The lowest BCUT2D eigenvalue weighted by Gasteiger charge is -2.35. The van der Waals surface area contributed by atoms with E-state index < -0.39 is 0 Å². The summed E-state index contributed by atoms with van der Waals surface area (Å²) in [6.07, 6.45) is 5.64. The van der Waals surface area contributed by atoms with E-state index in [2.05, 4.69) is 29.7 Å². The predicted octanol–water partition coefficient (Wildman–Crippen LogP) is 2.94. The van der Waals surface area contributed by atoms with Crippen molar-refractivity contribution < 1.29 is 4.74 Å². The Kier molecular flexibility index (Phi) is 5.31. The average molecular weight is 350 g/mol. The molecular formula is C22H26N2O2. The lowest BCUT2D eigenvalue weighted by atomic mass is 9.85. The number of aromatic nitrogens is 1. The van der Waals surface area contributed by atoms with Gasteiger partial charge in [0.05, 0.1) is 18.8 Å². The van der Waals surface area contributed by atoms with Gasteiger partial charge in [0, 0.05) is 36.3 Å². The molecule has 1 N–H and O–H groups in total. The summed E-state index contributed by atoms with van der Waals surface area (Å²) in [5, 5.41) is 0. The van der Waals surface area contributed by atoms with Gasteiger partial charge in [-0.15, -0.1) is 6.42 Å². The van der Waals surface area contributed by atoms with Gasteiger partial charge in [-0.25, -0.2) is 0 Å². The number of benzene rings is 1. The van der Waals surface area contributed by atoms with Crippen molar-refractivity contribution in [2.45, 2.75) is 26.2 Å². The molecule has 2 aromatic rings. The Morgan fingerprint density at radius 3 is 2.50 bits per heavy atom. The van der Waals surface area contributed by atoms with E-state index in [1.807, 2.05) is 37.3 Å². The molecule has 0 bridgehead atoms. The summed E-state index contributed by atoms with van der Waals surface area (Å²) in [5.41, 5.74) is 3.86. The van der Waals surface area contributed by atoms with Gasteiger partial charge in [0.2, 0.25) is 0 Å². The molecule has 1 fully saturated rings. The van der Waals surface area contributed by atoms with Crippen molar-refractivity contribution in [2.75, 3.05) is 32.8 Å². The van der Waals surface area contributed by atoms with E-state index in [4.69, 9.17) is 11.2 Å². The van der Waals surface area contributed by atoms with Crippen molar-refractivity contribution in [3.05, 3.63) is 57.5 Å². The van der Waals surface area contributed by atoms with Crippen molar-refractivity contribution in [3.8, 4) is 23.5 Å². The van der Waals surface area contributed by atoms with Gasteiger partial charge in [-0.05, 0) is 18.6 Å². The summed E-state index contributed by atoms with van der Waals surface area (Å²) >= 11 is 0. The Balaban J connectivity index is 2.01. The van der Waals surface area contributed by atoms with Crippen LogP contribution in [0.15, 0.2) is 35.1 Å². The first-order chi connectivity index (χ1) is 12.4.